The van der Waals surface area contributed by atoms with E-state index in [9.17, 15) is 5.11 Å². The summed E-state index contributed by atoms with van der Waals surface area (Å²) in [4.78, 5) is 0. The third kappa shape index (κ3) is 2.88. The predicted octanol–water partition coefficient (Wildman–Crippen LogP) is 3.74. The third-order valence-electron chi connectivity index (χ3n) is 1.47. The van der Waals surface area contributed by atoms with Crippen LogP contribution in [0.4, 0.5) is 5.69 Å². The monoisotopic (exact) mass is 307 g/mol. The zero-order valence-corrected chi connectivity index (χ0v) is 10.6. The molecule has 0 aliphatic carbocycles. The van der Waals surface area contributed by atoms with Crippen LogP contribution in [0.2, 0.25) is 0 Å². The van der Waals surface area contributed by atoms with Gasteiger partial charge in [0, 0.05) is 11.7 Å². The highest BCUT2D eigenvalue weighted by Crippen LogP contribution is 2.35. The Labute approximate surface area is 94.6 Å². The molecule has 0 radical (unpaired) electrons. The number of halogens is 2. The minimum absolute atomic E-state index is 0.231. The molecule has 2 N–H and O–H groups in total. The summed E-state index contributed by atoms with van der Waals surface area (Å²) >= 11 is 6.53. The number of phenolic OH excluding ortho intramolecular Hbond substituents is 1. The fraction of sp³-hybridized carbons (Fsp3) is 0.333. The third-order valence-corrected chi connectivity index (χ3v) is 2.68. The molecular formula is C9H11Br2NO. The smallest absolute Gasteiger partial charge is 0.144 e. The number of hydrogen-bond donors (Lipinski definition) is 2. The molecule has 1 rings (SSSR count). The summed E-state index contributed by atoms with van der Waals surface area (Å²) < 4.78 is 1.37. The Morgan fingerprint density at radius 2 is 1.69 bits per heavy atom. The molecule has 72 valence electrons. The van der Waals surface area contributed by atoms with Crippen molar-refractivity contribution in [2.24, 2.45) is 0 Å². The van der Waals surface area contributed by atoms with E-state index in [1.54, 1.807) is 0 Å². The SMILES string of the molecule is CC(C)Nc1cc(Br)c(O)c(Br)c1. The van der Waals surface area contributed by atoms with Gasteiger partial charge in [-0.25, -0.2) is 0 Å². The molecule has 0 saturated carbocycles. The number of aromatic hydroxyl groups is 1. The van der Waals surface area contributed by atoms with E-state index >= 15 is 0 Å². The first kappa shape index (κ1) is 10.9. The number of phenols is 1. The van der Waals surface area contributed by atoms with Gasteiger partial charge in [-0.3, -0.25) is 0 Å². The molecule has 0 spiro atoms. The average Bonchev–Trinajstić information content (AvgIpc) is 1.98. The number of benzene rings is 1. The number of nitrogens with one attached hydrogen (secondary N) is 1. The molecule has 0 aromatic heterocycles. The Hall–Kier alpha value is -0.220. The molecule has 0 heterocycles. The lowest BCUT2D eigenvalue weighted by molar-refractivity contribution is 0.468. The lowest BCUT2D eigenvalue weighted by Crippen LogP contribution is -2.09. The van der Waals surface area contributed by atoms with Crippen LogP contribution in [-0.2, 0) is 0 Å². The van der Waals surface area contributed by atoms with Crippen LogP contribution in [0.15, 0.2) is 21.1 Å². The quantitative estimate of drug-likeness (QED) is 0.816. The molecule has 0 unspecified atom stereocenters. The molecule has 13 heavy (non-hydrogen) atoms. The van der Waals surface area contributed by atoms with E-state index in [1.165, 1.54) is 0 Å². The predicted molar refractivity (Wildman–Crippen MR) is 62.3 cm³/mol. The summed E-state index contributed by atoms with van der Waals surface area (Å²) in [6.07, 6.45) is 0. The first-order chi connectivity index (χ1) is 6.00. The Morgan fingerprint density at radius 1 is 1.23 bits per heavy atom. The van der Waals surface area contributed by atoms with Crippen LogP contribution >= 0.6 is 31.9 Å². The Balaban J connectivity index is 2.99. The highest BCUT2D eigenvalue weighted by molar-refractivity contribution is 9.11. The molecule has 0 saturated heterocycles. The highest BCUT2D eigenvalue weighted by Gasteiger charge is 2.05. The van der Waals surface area contributed by atoms with Gasteiger partial charge in [0.25, 0.3) is 0 Å². The first-order valence-electron chi connectivity index (χ1n) is 3.95. The first-order valence-corrected chi connectivity index (χ1v) is 5.54. The van der Waals surface area contributed by atoms with Gasteiger partial charge in [-0.2, -0.15) is 0 Å². The highest BCUT2D eigenvalue weighted by atomic mass is 79.9. The zero-order chi connectivity index (χ0) is 10.0. The number of hydrogen-bond acceptors (Lipinski definition) is 2. The molecule has 0 aliphatic heterocycles. The van der Waals surface area contributed by atoms with Gasteiger partial charge in [0.05, 0.1) is 8.95 Å². The fourth-order valence-electron chi connectivity index (χ4n) is 0.982. The second-order valence-corrected chi connectivity index (χ2v) is 4.80. The van der Waals surface area contributed by atoms with Crippen LogP contribution in [-0.4, -0.2) is 11.1 Å². The summed E-state index contributed by atoms with van der Waals surface area (Å²) in [6.45, 7) is 4.13. The van der Waals surface area contributed by atoms with E-state index in [0.29, 0.717) is 15.0 Å². The van der Waals surface area contributed by atoms with E-state index < -0.39 is 0 Å². The Kier molecular flexibility index (Phi) is 3.62. The van der Waals surface area contributed by atoms with Crippen LogP contribution in [0.25, 0.3) is 0 Å². The number of anilines is 1. The number of rotatable bonds is 2. The van der Waals surface area contributed by atoms with E-state index in [2.05, 4.69) is 51.0 Å². The van der Waals surface area contributed by atoms with Crippen LogP contribution in [0.5, 0.6) is 5.75 Å². The van der Waals surface area contributed by atoms with Gasteiger partial charge < -0.3 is 10.4 Å². The van der Waals surface area contributed by atoms with Crippen LogP contribution in [0.3, 0.4) is 0 Å². The van der Waals surface area contributed by atoms with Gasteiger partial charge in [-0.15, -0.1) is 0 Å². The summed E-state index contributed by atoms with van der Waals surface area (Å²) in [5, 5.41) is 12.7. The molecule has 0 aliphatic rings. The fourth-order valence-corrected chi connectivity index (χ4v) is 2.17. The zero-order valence-electron chi connectivity index (χ0n) is 7.44. The van der Waals surface area contributed by atoms with Crippen molar-refractivity contribution in [3.05, 3.63) is 21.1 Å². The van der Waals surface area contributed by atoms with Crippen LogP contribution in [0.1, 0.15) is 13.8 Å². The van der Waals surface area contributed by atoms with Gasteiger partial charge in [0.15, 0.2) is 0 Å². The van der Waals surface area contributed by atoms with Crippen molar-refractivity contribution in [3.8, 4) is 5.75 Å². The van der Waals surface area contributed by atoms with Gasteiger partial charge in [-0.1, -0.05) is 0 Å². The lowest BCUT2D eigenvalue weighted by atomic mass is 10.3. The van der Waals surface area contributed by atoms with Crippen molar-refractivity contribution in [2.45, 2.75) is 19.9 Å². The summed E-state index contributed by atoms with van der Waals surface area (Å²) in [7, 11) is 0. The maximum atomic E-state index is 9.44. The molecule has 0 bridgehead atoms. The van der Waals surface area contributed by atoms with E-state index in [0.717, 1.165) is 5.69 Å². The van der Waals surface area contributed by atoms with Crippen LogP contribution in [0, 0.1) is 0 Å². The minimum Gasteiger partial charge on any atom is -0.506 e. The van der Waals surface area contributed by atoms with Crippen molar-refractivity contribution < 1.29 is 5.11 Å². The molecule has 0 fully saturated rings. The van der Waals surface area contributed by atoms with E-state index in [4.69, 9.17) is 0 Å². The summed E-state index contributed by atoms with van der Waals surface area (Å²) in [5.74, 6) is 0.231. The van der Waals surface area contributed by atoms with Crippen molar-refractivity contribution >= 4 is 37.5 Å². The largest absolute Gasteiger partial charge is 0.506 e. The molecule has 4 heteroatoms. The van der Waals surface area contributed by atoms with Gasteiger partial charge in [-0.05, 0) is 57.8 Å². The van der Waals surface area contributed by atoms with E-state index in [-0.39, 0.29) is 5.75 Å². The molecule has 2 nitrogen and oxygen atoms in total. The molecule has 0 amide bonds. The molecule has 1 aromatic rings. The van der Waals surface area contributed by atoms with Gasteiger partial charge >= 0.3 is 0 Å². The van der Waals surface area contributed by atoms with Crippen molar-refractivity contribution in [1.82, 2.24) is 0 Å². The normalized spacial score (nSPS) is 10.5. The second kappa shape index (κ2) is 4.33. The Morgan fingerprint density at radius 3 is 2.08 bits per heavy atom. The molecule has 0 atom stereocenters. The lowest BCUT2D eigenvalue weighted by Gasteiger charge is -2.11. The topological polar surface area (TPSA) is 32.3 Å². The maximum absolute atomic E-state index is 9.44. The van der Waals surface area contributed by atoms with Crippen molar-refractivity contribution in [1.29, 1.82) is 0 Å². The van der Waals surface area contributed by atoms with Crippen molar-refractivity contribution in [2.75, 3.05) is 5.32 Å². The standard InChI is InChI=1S/C9H11Br2NO/c1-5(2)12-6-3-7(10)9(13)8(11)4-6/h3-5,12-13H,1-2H3. The summed E-state index contributed by atoms with van der Waals surface area (Å²) in [5.41, 5.74) is 0.978. The van der Waals surface area contributed by atoms with Gasteiger partial charge in [0.2, 0.25) is 0 Å². The second-order valence-electron chi connectivity index (χ2n) is 3.09. The van der Waals surface area contributed by atoms with E-state index in [1.807, 2.05) is 12.1 Å². The van der Waals surface area contributed by atoms with Crippen molar-refractivity contribution in [3.63, 3.8) is 0 Å². The minimum atomic E-state index is 0.231. The Bertz CT molecular complexity index is 289. The maximum Gasteiger partial charge on any atom is 0.144 e. The molecule has 1 aromatic carbocycles. The molecular weight excluding hydrogens is 298 g/mol. The van der Waals surface area contributed by atoms with Crippen LogP contribution < -0.4 is 5.32 Å². The average molecular weight is 309 g/mol. The van der Waals surface area contributed by atoms with Gasteiger partial charge in [0.1, 0.15) is 5.75 Å². The summed E-state index contributed by atoms with van der Waals surface area (Å²) in [6, 6.07) is 4.07.